The Hall–Kier alpha value is -0.260. The molecule has 76 valence electrons. The Labute approximate surface area is 83.4 Å². The lowest BCUT2D eigenvalue weighted by molar-refractivity contribution is 0.288. The number of allylic oxidation sites excluding steroid dienone is 2. The summed E-state index contributed by atoms with van der Waals surface area (Å²) in [5, 5.41) is 0. The van der Waals surface area contributed by atoms with Gasteiger partial charge >= 0.3 is 0 Å². The molecule has 1 fully saturated rings. The molecule has 0 saturated heterocycles. The fourth-order valence-corrected chi connectivity index (χ4v) is 2.69. The van der Waals surface area contributed by atoms with Gasteiger partial charge in [-0.1, -0.05) is 51.7 Å². The normalized spacial score (nSPS) is 30.5. The molecule has 2 unspecified atom stereocenters. The Morgan fingerprint density at radius 3 is 2.46 bits per heavy atom. The average Bonchev–Trinajstić information content (AvgIpc) is 2.16. The van der Waals surface area contributed by atoms with Gasteiger partial charge in [-0.05, 0) is 31.1 Å². The minimum absolute atomic E-state index is 0.915. The maximum atomic E-state index is 2.46. The molecule has 0 N–H and O–H groups in total. The van der Waals surface area contributed by atoms with E-state index in [0.29, 0.717) is 0 Å². The fourth-order valence-electron chi connectivity index (χ4n) is 2.69. The van der Waals surface area contributed by atoms with E-state index in [0.717, 1.165) is 11.8 Å². The summed E-state index contributed by atoms with van der Waals surface area (Å²) < 4.78 is 0. The van der Waals surface area contributed by atoms with Crippen LogP contribution in [0.4, 0.5) is 0 Å². The van der Waals surface area contributed by atoms with Crippen LogP contribution in [-0.2, 0) is 0 Å². The number of hydrogen-bond acceptors (Lipinski definition) is 0. The zero-order valence-corrected chi connectivity index (χ0v) is 9.47. The lowest BCUT2D eigenvalue weighted by Gasteiger charge is -2.30. The predicted octanol–water partition coefficient (Wildman–Crippen LogP) is 4.56. The van der Waals surface area contributed by atoms with E-state index in [4.69, 9.17) is 0 Å². The fraction of sp³-hybridized carbons (Fsp3) is 0.846. The average molecular weight is 180 g/mol. The predicted molar refractivity (Wildman–Crippen MR) is 59.8 cm³/mol. The largest absolute Gasteiger partial charge is 0.0853 e. The molecule has 0 aliphatic heterocycles. The van der Waals surface area contributed by atoms with E-state index >= 15 is 0 Å². The lowest BCUT2D eigenvalue weighted by atomic mass is 9.75. The second kappa shape index (κ2) is 5.47. The molecule has 0 nitrogen and oxygen atoms in total. The zero-order chi connectivity index (χ0) is 9.68. The molecule has 0 radical (unpaired) electrons. The summed E-state index contributed by atoms with van der Waals surface area (Å²) >= 11 is 0. The summed E-state index contributed by atoms with van der Waals surface area (Å²) in [6, 6.07) is 0. The van der Waals surface area contributed by atoms with Gasteiger partial charge in [-0.15, -0.1) is 0 Å². The van der Waals surface area contributed by atoms with Gasteiger partial charge in [0, 0.05) is 0 Å². The third kappa shape index (κ3) is 2.86. The molecule has 0 aromatic rings. The van der Waals surface area contributed by atoms with Crippen molar-refractivity contribution >= 4 is 0 Å². The van der Waals surface area contributed by atoms with Gasteiger partial charge < -0.3 is 0 Å². The monoisotopic (exact) mass is 180 g/mol. The first-order valence-corrected chi connectivity index (χ1v) is 5.98. The first-order chi connectivity index (χ1) is 6.29. The molecular weight excluding hydrogens is 156 g/mol. The molecule has 13 heavy (non-hydrogen) atoms. The summed E-state index contributed by atoms with van der Waals surface area (Å²) in [5.74, 6) is 1.85. The molecule has 0 aromatic heterocycles. The van der Waals surface area contributed by atoms with Gasteiger partial charge in [0.15, 0.2) is 0 Å². The van der Waals surface area contributed by atoms with E-state index in [1.807, 2.05) is 0 Å². The van der Waals surface area contributed by atoms with Crippen LogP contribution in [0.5, 0.6) is 0 Å². The minimum Gasteiger partial charge on any atom is -0.0853 e. The van der Waals surface area contributed by atoms with Gasteiger partial charge in [0.05, 0.1) is 0 Å². The molecule has 1 aliphatic rings. The molecule has 0 amide bonds. The minimum atomic E-state index is 0.915. The smallest absolute Gasteiger partial charge is 0.0178 e. The van der Waals surface area contributed by atoms with Crippen molar-refractivity contribution in [1.82, 2.24) is 0 Å². The van der Waals surface area contributed by atoms with Crippen molar-refractivity contribution < 1.29 is 0 Å². The van der Waals surface area contributed by atoms with Crippen LogP contribution in [0.25, 0.3) is 0 Å². The van der Waals surface area contributed by atoms with E-state index < -0.39 is 0 Å². The summed E-state index contributed by atoms with van der Waals surface area (Å²) in [7, 11) is 0. The molecule has 2 atom stereocenters. The highest BCUT2D eigenvalue weighted by atomic mass is 14.3. The van der Waals surface area contributed by atoms with E-state index in [1.54, 1.807) is 5.57 Å². The van der Waals surface area contributed by atoms with Crippen LogP contribution in [0.3, 0.4) is 0 Å². The van der Waals surface area contributed by atoms with Gasteiger partial charge in [0.25, 0.3) is 0 Å². The van der Waals surface area contributed by atoms with Crippen LogP contribution in [0.15, 0.2) is 11.6 Å². The Kier molecular flexibility index (Phi) is 4.55. The third-order valence-corrected chi connectivity index (χ3v) is 3.46. The lowest BCUT2D eigenvalue weighted by Crippen LogP contribution is -2.18. The maximum absolute atomic E-state index is 2.46. The van der Waals surface area contributed by atoms with Crippen LogP contribution in [0, 0.1) is 11.8 Å². The van der Waals surface area contributed by atoms with Crippen molar-refractivity contribution in [3.8, 4) is 0 Å². The standard InChI is InChI=1S/C13H24/c1-4-8-12(5-2)13-10-7-6-9-11(13)3/h8,11,13H,4-7,9-10H2,1-3H3/b12-8-. The van der Waals surface area contributed by atoms with E-state index in [9.17, 15) is 0 Å². The first-order valence-electron chi connectivity index (χ1n) is 5.98. The van der Waals surface area contributed by atoms with E-state index in [-0.39, 0.29) is 0 Å². The van der Waals surface area contributed by atoms with E-state index in [2.05, 4.69) is 26.8 Å². The Balaban J connectivity index is 2.60. The Morgan fingerprint density at radius 1 is 1.23 bits per heavy atom. The highest BCUT2D eigenvalue weighted by molar-refractivity contribution is 5.08. The zero-order valence-electron chi connectivity index (χ0n) is 9.47. The van der Waals surface area contributed by atoms with Gasteiger partial charge in [-0.25, -0.2) is 0 Å². The van der Waals surface area contributed by atoms with Gasteiger partial charge in [-0.3, -0.25) is 0 Å². The Bertz CT molecular complexity index is 167. The molecule has 0 heteroatoms. The topological polar surface area (TPSA) is 0 Å². The molecule has 0 heterocycles. The van der Waals surface area contributed by atoms with Crippen LogP contribution >= 0.6 is 0 Å². The van der Waals surface area contributed by atoms with Crippen molar-refractivity contribution in [3.05, 3.63) is 11.6 Å². The highest BCUT2D eigenvalue weighted by Gasteiger charge is 2.23. The summed E-state index contributed by atoms with van der Waals surface area (Å²) in [6.07, 6.45) is 10.8. The highest BCUT2D eigenvalue weighted by Crippen LogP contribution is 2.35. The maximum Gasteiger partial charge on any atom is -0.0178 e. The van der Waals surface area contributed by atoms with Crippen LogP contribution in [0.1, 0.15) is 59.3 Å². The van der Waals surface area contributed by atoms with Crippen LogP contribution in [-0.4, -0.2) is 0 Å². The van der Waals surface area contributed by atoms with Crippen molar-refractivity contribution in [2.24, 2.45) is 11.8 Å². The van der Waals surface area contributed by atoms with Crippen LogP contribution < -0.4 is 0 Å². The van der Waals surface area contributed by atoms with Gasteiger partial charge in [-0.2, -0.15) is 0 Å². The third-order valence-electron chi connectivity index (χ3n) is 3.46. The quantitative estimate of drug-likeness (QED) is 0.558. The molecule has 0 aromatic carbocycles. The van der Waals surface area contributed by atoms with Crippen LogP contribution in [0.2, 0.25) is 0 Å². The molecule has 0 bridgehead atoms. The molecule has 0 spiro atoms. The summed E-state index contributed by atoms with van der Waals surface area (Å²) in [5.41, 5.74) is 1.73. The molecule has 1 saturated carbocycles. The van der Waals surface area contributed by atoms with E-state index in [1.165, 1.54) is 38.5 Å². The molecular formula is C13H24. The molecule has 1 aliphatic carbocycles. The number of rotatable bonds is 3. The van der Waals surface area contributed by atoms with Gasteiger partial charge in [0.1, 0.15) is 0 Å². The second-order valence-corrected chi connectivity index (χ2v) is 4.41. The number of hydrogen-bond donors (Lipinski definition) is 0. The Morgan fingerprint density at radius 2 is 1.92 bits per heavy atom. The summed E-state index contributed by atoms with van der Waals surface area (Å²) in [4.78, 5) is 0. The van der Waals surface area contributed by atoms with Crippen molar-refractivity contribution in [2.45, 2.75) is 59.3 Å². The summed E-state index contributed by atoms with van der Waals surface area (Å²) in [6.45, 7) is 6.99. The van der Waals surface area contributed by atoms with Crippen molar-refractivity contribution in [3.63, 3.8) is 0 Å². The molecule has 1 rings (SSSR count). The van der Waals surface area contributed by atoms with Gasteiger partial charge in [0.2, 0.25) is 0 Å². The first kappa shape index (κ1) is 10.8. The van der Waals surface area contributed by atoms with Crippen molar-refractivity contribution in [1.29, 1.82) is 0 Å². The van der Waals surface area contributed by atoms with Crippen molar-refractivity contribution in [2.75, 3.05) is 0 Å². The second-order valence-electron chi connectivity index (χ2n) is 4.41. The SMILES string of the molecule is CC/C=C(/CC)C1CCCCC1C.